The van der Waals surface area contributed by atoms with Crippen LogP contribution in [0.4, 0.5) is 0 Å². The summed E-state index contributed by atoms with van der Waals surface area (Å²) in [6, 6.07) is -0.873. The van der Waals surface area contributed by atoms with Crippen molar-refractivity contribution in [2.45, 2.75) is 52.5 Å². The highest BCUT2D eigenvalue weighted by molar-refractivity contribution is 5.84. The molecule has 0 aromatic rings. The molecule has 1 N–H and O–H groups in total. The maximum Gasteiger partial charge on any atom is 0.223 e. The molecule has 0 aromatic carbocycles. The van der Waals surface area contributed by atoms with Crippen LogP contribution in [0.2, 0.25) is 0 Å². The van der Waals surface area contributed by atoms with E-state index in [9.17, 15) is 14.7 Å². The minimum absolute atomic E-state index is 0.0215. The number of hydrogen-bond donors (Lipinski definition) is 1. The van der Waals surface area contributed by atoms with Crippen LogP contribution in [0.15, 0.2) is 0 Å². The molecular weight excluding hydrogens is 218 g/mol. The molecule has 0 heterocycles. The van der Waals surface area contributed by atoms with Crippen LogP contribution >= 0.6 is 0 Å². The molecule has 0 bridgehead atoms. The third kappa shape index (κ3) is 4.02. The first-order chi connectivity index (χ1) is 7.91. The molecule has 17 heavy (non-hydrogen) atoms. The van der Waals surface area contributed by atoms with E-state index in [4.69, 9.17) is 0 Å². The first kappa shape index (κ1) is 14.0. The second-order valence-electron chi connectivity index (χ2n) is 5.51. The Labute approximate surface area is 103 Å². The highest BCUT2D eigenvalue weighted by Crippen LogP contribution is 2.28. The second kappa shape index (κ2) is 6.03. The monoisotopic (exact) mass is 240 g/mol. The van der Waals surface area contributed by atoms with Crippen molar-refractivity contribution in [2.24, 2.45) is 17.8 Å². The Morgan fingerprint density at radius 3 is 2.12 bits per heavy atom. The molecule has 0 unspecified atom stereocenters. The lowest BCUT2D eigenvalue weighted by atomic mass is 9.82. The maximum absolute atomic E-state index is 11.9. The Balaban J connectivity index is 2.50. The van der Waals surface area contributed by atoms with E-state index in [1.165, 1.54) is 0 Å². The van der Waals surface area contributed by atoms with Crippen molar-refractivity contribution in [2.75, 3.05) is 0 Å². The number of carbonyl (C=O) groups excluding carboxylic acids is 2. The van der Waals surface area contributed by atoms with Crippen LogP contribution in [-0.4, -0.2) is 17.9 Å². The van der Waals surface area contributed by atoms with Crippen molar-refractivity contribution in [3.8, 4) is 0 Å². The van der Waals surface area contributed by atoms with Crippen molar-refractivity contribution in [1.82, 2.24) is 5.32 Å². The molecule has 1 amide bonds. The fourth-order valence-corrected chi connectivity index (χ4v) is 2.29. The fourth-order valence-electron chi connectivity index (χ4n) is 2.29. The molecular formula is C13H22NO3-. The highest BCUT2D eigenvalue weighted by atomic mass is 16.4. The number of carboxylic acids is 1. The van der Waals surface area contributed by atoms with Gasteiger partial charge in [-0.3, -0.25) is 4.79 Å². The smallest absolute Gasteiger partial charge is 0.223 e. The molecule has 1 atom stereocenters. The molecule has 4 heteroatoms. The third-order valence-corrected chi connectivity index (χ3v) is 3.61. The van der Waals surface area contributed by atoms with E-state index in [1.807, 2.05) is 0 Å². The van der Waals surface area contributed by atoms with Gasteiger partial charge in [0.1, 0.15) is 0 Å². The minimum atomic E-state index is -1.20. The minimum Gasteiger partial charge on any atom is -0.548 e. The Bertz CT molecular complexity index is 280. The van der Waals surface area contributed by atoms with Crippen molar-refractivity contribution in [3.63, 3.8) is 0 Å². The van der Waals surface area contributed by atoms with Crippen LogP contribution in [-0.2, 0) is 9.59 Å². The van der Waals surface area contributed by atoms with Crippen LogP contribution in [0, 0.1) is 17.8 Å². The fraction of sp³-hybridized carbons (Fsp3) is 0.846. The van der Waals surface area contributed by atoms with E-state index in [0.717, 1.165) is 25.7 Å². The standard InChI is InChI=1S/C13H23NO3/c1-8(2)11(13(16)17)14-12(15)10-6-4-9(3)5-7-10/h8-11H,4-7H2,1-3H3,(H,14,15)(H,16,17)/p-1/t9?,10?,11-/m1/s1. The summed E-state index contributed by atoms with van der Waals surface area (Å²) in [5.74, 6) is -0.809. The second-order valence-corrected chi connectivity index (χ2v) is 5.51. The van der Waals surface area contributed by atoms with E-state index in [1.54, 1.807) is 13.8 Å². The van der Waals surface area contributed by atoms with E-state index in [-0.39, 0.29) is 17.7 Å². The zero-order chi connectivity index (χ0) is 13.0. The summed E-state index contributed by atoms with van der Waals surface area (Å²) < 4.78 is 0. The van der Waals surface area contributed by atoms with Crippen LogP contribution in [0.3, 0.4) is 0 Å². The van der Waals surface area contributed by atoms with Gasteiger partial charge >= 0.3 is 0 Å². The normalized spacial score (nSPS) is 26.6. The topological polar surface area (TPSA) is 69.2 Å². The van der Waals surface area contributed by atoms with Gasteiger partial charge in [-0.1, -0.05) is 20.8 Å². The lowest BCUT2D eigenvalue weighted by molar-refractivity contribution is -0.309. The molecule has 0 saturated heterocycles. The zero-order valence-corrected chi connectivity index (χ0v) is 10.9. The van der Waals surface area contributed by atoms with Crippen molar-refractivity contribution in [1.29, 1.82) is 0 Å². The van der Waals surface area contributed by atoms with Crippen molar-refractivity contribution >= 4 is 11.9 Å². The molecule has 0 aliphatic heterocycles. The van der Waals surface area contributed by atoms with Gasteiger partial charge in [0, 0.05) is 5.92 Å². The Morgan fingerprint density at radius 2 is 1.71 bits per heavy atom. The van der Waals surface area contributed by atoms with Crippen LogP contribution < -0.4 is 10.4 Å². The average Bonchev–Trinajstić information content (AvgIpc) is 2.25. The van der Waals surface area contributed by atoms with Gasteiger partial charge in [0.15, 0.2) is 0 Å². The van der Waals surface area contributed by atoms with Crippen LogP contribution in [0.1, 0.15) is 46.5 Å². The molecule has 0 spiro atoms. The average molecular weight is 240 g/mol. The SMILES string of the molecule is CC1CCC(C(=O)N[C@@H](C(=O)[O-])C(C)C)CC1. The van der Waals surface area contributed by atoms with Gasteiger partial charge in [0.25, 0.3) is 0 Å². The van der Waals surface area contributed by atoms with Gasteiger partial charge in [-0.25, -0.2) is 0 Å². The first-order valence-electron chi connectivity index (χ1n) is 6.43. The van der Waals surface area contributed by atoms with Crippen molar-refractivity contribution in [3.05, 3.63) is 0 Å². The van der Waals surface area contributed by atoms with Gasteiger partial charge in [-0.2, -0.15) is 0 Å². The van der Waals surface area contributed by atoms with Gasteiger partial charge in [0.05, 0.1) is 12.0 Å². The van der Waals surface area contributed by atoms with E-state index in [2.05, 4.69) is 12.2 Å². The summed E-state index contributed by atoms with van der Waals surface area (Å²) in [6.07, 6.45) is 3.83. The predicted molar refractivity (Wildman–Crippen MR) is 62.9 cm³/mol. The molecule has 1 fully saturated rings. The molecule has 1 aliphatic carbocycles. The highest BCUT2D eigenvalue weighted by Gasteiger charge is 2.27. The number of amides is 1. The number of rotatable bonds is 4. The zero-order valence-electron chi connectivity index (χ0n) is 10.9. The summed E-state index contributed by atoms with van der Waals surface area (Å²) in [5.41, 5.74) is 0. The predicted octanol–water partition coefficient (Wildman–Crippen LogP) is 0.703. The summed E-state index contributed by atoms with van der Waals surface area (Å²) in [4.78, 5) is 22.8. The molecule has 1 aliphatic rings. The van der Waals surface area contributed by atoms with Crippen molar-refractivity contribution < 1.29 is 14.7 Å². The van der Waals surface area contributed by atoms with Gasteiger partial charge in [-0.15, -0.1) is 0 Å². The molecule has 0 aromatic heterocycles. The van der Waals surface area contributed by atoms with Gasteiger partial charge in [-0.05, 0) is 37.5 Å². The molecule has 1 rings (SSSR count). The number of carboxylic acid groups (broad SMARTS) is 1. The van der Waals surface area contributed by atoms with E-state index >= 15 is 0 Å². The van der Waals surface area contributed by atoms with Crippen LogP contribution in [0.5, 0.6) is 0 Å². The molecule has 4 nitrogen and oxygen atoms in total. The summed E-state index contributed by atoms with van der Waals surface area (Å²) in [7, 11) is 0. The quantitative estimate of drug-likeness (QED) is 0.786. The van der Waals surface area contributed by atoms with E-state index < -0.39 is 12.0 Å². The first-order valence-corrected chi connectivity index (χ1v) is 6.43. The van der Waals surface area contributed by atoms with Crippen LogP contribution in [0.25, 0.3) is 0 Å². The maximum atomic E-state index is 11.9. The van der Waals surface area contributed by atoms with Gasteiger partial charge < -0.3 is 15.2 Å². The number of nitrogens with one attached hydrogen (secondary N) is 1. The Hall–Kier alpha value is -1.06. The van der Waals surface area contributed by atoms with E-state index in [0.29, 0.717) is 5.92 Å². The lowest BCUT2D eigenvalue weighted by Crippen LogP contribution is -2.52. The molecule has 1 saturated carbocycles. The summed E-state index contributed by atoms with van der Waals surface area (Å²) in [5, 5.41) is 13.5. The number of aliphatic carboxylic acids is 1. The molecule has 98 valence electrons. The Kier molecular flexibility index (Phi) is 4.97. The Morgan fingerprint density at radius 1 is 1.18 bits per heavy atom. The summed E-state index contributed by atoms with van der Waals surface area (Å²) >= 11 is 0. The molecule has 0 radical (unpaired) electrons. The van der Waals surface area contributed by atoms with Gasteiger partial charge in [0.2, 0.25) is 5.91 Å². The number of carbonyl (C=O) groups is 2. The number of hydrogen-bond acceptors (Lipinski definition) is 3. The third-order valence-electron chi connectivity index (χ3n) is 3.61. The largest absolute Gasteiger partial charge is 0.548 e. The lowest BCUT2D eigenvalue weighted by Gasteiger charge is -2.29. The summed E-state index contributed by atoms with van der Waals surface area (Å²) in [6.45, 7) is 5.72.